The summed E-state index contributed by atoms with van der Waals surface area (Å²) in [6, 6.07) is 1.53. The topological polar surface area (TPSA) is 26.0 Å². The summed E-state index contributed by atoms with van der Waals surface area (Å²) in [7, 11) is 0. The molecular formula is C10H9ClF5N. The van der Waals surface area contributed by atoms with Gasteiger partial charge in [-0.2, -0.15) is 13.2 Å². The minimum atomic E-state index is -4.67. The summed E-state index contributed by atoms with van der Waals surface area (Å²) < 4.78 is 62.1. The lowest BCUT2D eigenvalue weighted by atomic mass is 9.98. The van der Waals surface area contributed by atoms with E-state index < -0.39 is 30.6 Å². The van der Waals surface area contributed by atoms with Gasteiger partial charge in [0.15, 0.2) is 0 Å². The zero-order chi connectivity index (χ0) is 13.2. The van der Waals surface area contributed by atoms with E-state index in [-0.39, 0.29) is 10.6 Å². The maximum atomic E-state index is 12.6. The Labute approximate surface area is 99.4 Å². The number of halogens is 6. The first-order valence-electron chi connectivity index (χ1n) is 4.62. The summed E-state index contributed by atoms with van der Waals surface area (Å²) in [4.78, 5) is 0. The van der Waals surface area contributed by atoms with Gasteiger partial charge in [-0.1, -0.05) is 17.7 Å². The normalized spacial score (nSPS) is 14.1. The van der Waals surface area contributed by atoms with Crippen molar-refractivity contribution in [2.24, 2.45) is 5.73 Å². The Balaban J connectivity index is 3.15. The molecule has 0 aliphatic carbocycles. The van der Waals surface area contributed by atoms with Gasteiger partial charge in [0, 0.05) is 17.5 Å². The van der Waals surface area contributed by atoms with E-state index in [9.17, 15) is 22.0 Å². The average molecular weight is 274 g/mol. The van der Waals surface area contributed by atoms with Gasteiger partial charge in [0.2, 0.25) is 6.43 Å². The maximum Gasteiger partial charge on any atom is 0.416 e. The lowest BCUT2D eigenvalue weighted by Crippen LogP contribution is -2.19. The second kappa shape index (κ2) is 5.18. The minimum absolute atomic E-state index is 0.120. The monoisotopic (exact) mass is 273 g/mol. The summed E-state index contributed by atoms with van der Waals surface area (Å²) >= 11 is 5.44. The molecule has 0 aromatic heterocycles. The molecule has 0 aliphatic rings. The van der Waals surface area contributed by atoms with Gasteiger partial charge in [0.05, 0.1) is 5.56 Å². The average Bonchev–Trinajstić information content (AvgIpc) is 2.14. The number of hydrogen-bond donors (Lipinski definition) is 1. The van der Waals surface area contributed by atoms with Crippen LogP contribution in [-0.2, 0) is 6.18 Å². The molecule has 0 heterocycles. The van der Waals surface area contributed by atoms with Gasteiger partial charge in [-0.15, -0.1) is 0 Å². The van der Waals surface area contributed by atoms with Crippen LogP contribution in [0.1, 0.15) is 23.6 Å². The van der Waals surface area contributed by atoms with Crippen LogP contribution in [0, 0.1) is 0 Å². The Hall–Kier alpha value is -0.880. The summed E-state index contributed by atoms with van der Waals surface area (Å²) in [6.45, 7) is 0. The molecule has 0 saturated carbocycles. The smallest absolute Gasteiger partial charge is 0.324 e. The van der Waals surface area contributed by atoms with Gasteiger partial charge < -0.3 is 5.73 Å². The lowest BCUT2D eigenvalue weighted by Gasteiger charge is -2.18. The standard InChI is InChI=1S/C10H9ClF5N/c11-5-1-2-6(8(17)4-9(12)13)7(3-5)10(14,15)16/h1-3,8-9H,4,17H2/t8-/m0/s1. The first-order valence-corrected chi connectivity index (χ1v) is 5.00. The van der Waals surface area contributed by atoms with E-state index in [2.05, 4.69) is 0 Å². The number of nitrogens with two attached hydrogens (primary N) is 1. The highest BCUT2D eigenvalue weighted by Crippen LogP contribution is 2.36. The van der Waals surface area contributed by atoms with Crippen molar-refractivity contribution < 1.29 is 22.0 Å². The molecule has 0 bridgehead atoms. The first kappa shape index (κ1) is 14.2. The summed E-state index contributed by atoms with van der Waals surface area (Å²) in [5.41, 5.74) is 3.88. The van der Waals surface area contributed by atoms with Crippen LogP contribution in [-0.4, -0.2) is 6.43 Å². The highest BCUT2D eigenvalue weighted by Gasteiger charge is 2.35. The predicted molar refractivity (Wildman–Crippen MR) is 54.0 cm³/mol. The third-order valence-electron chi connectivity index (χ3n) is 2.15. The molecule has 17 heavy (non-hydrogen) atoms. The molecule has 1 rings (SSSR count). The molecule has 0 spiro atoms. The number of benzene rings is 1. The second-order valence-electron chi connectivity index (χ2n) is 3.46. The van der Waals surface area contributed by atoms with Crippen LogP contribution < -0.4 is 5.73 Å². The molecule has 1 nitrogen and oxygen atoms in total. The maximum absolute atomic E-state index is 12.6. The molecule has 0 saturated heterocycles. The van der Waals surface area contributed by atoms with Crippen LogP contribution in [0.15, 0.2) is 18.2 Å². The van der Waals surface area contributed by atoms with Crippen molar-refractivity contribution in [1.29, 1.82) is 0 Å². The second-order valence-corrected chi connectivity index (χ2v) is 3.90. The molecule has 0 fully saturated rings. The largest absolute Gasteiger partial charge is 0.416 e. The van der Waals surface area contributed by atoms with Gasteiger partial charge in [-0.25, -0.2) is 8.78 Å². The van der Waals surface area contributed by atoms with Gasteiger partial charge in [-0.05, 0) is 17.7 Å². The summed E-state index contributed by atoms with van der Waals surface area (Å²) in [5, 5.41) is -0.120. The zero-order valence-electron chi connectivity index (χ0n) is 8.44. The molecule has 0 aliphatic heterocycles. The molecule has 1 atom stereocenters. The van der Waals surface area contributed by atoms with Crippen LogP contribution in [0.25, 0.3) is 0 Å². The van der Waals surface area contributed by atoms with Crippen LogP contribution in [0.3, 0.4) is 0 Å². The number of rotatable bonds is 3. The van der Waals surface area contributed by atoms with Crippen LogP contribution in [0.2, 0.25) is 5.02 Å². The summed E-state index contributed by atoms with van der Waals surface area (Å²) in [5.74, 6) is 0. The molecule has 2 N–H and O–H groups in total. The number of alkyl halides is 5. The highest BCUT2D eigenvalue weighted by atomic mass is 35.5. The third-order valence-corrected chi connectivity index (χ3v) is 2.39. The molecule has 1 aromatic rings. The molecule has 0 radical (unpaired) electrons. The fraction of sp³-hybridized carbons (Fsp3) is 0.400. The first-order chi connectivity index (χ1) is 7.71. The minimum Gasteiger partial charge on any atom is -0.324 e. The molecular weight excluding hydrogens is 265 g/mol. The lowest BCUT2D eigenvalue weighted by molar-refractivity contribution is -0.138. The van der Waals surface area contributed by atoms with Crippen LogP contribution in [0.4, 0.5) is 22.0 Å². The Bertz CT molecular complexity index is 391. The van der Waals surface area contributed by atoms with Crippen LogP contribution in [0.5, 0.6) is 0 Å². The van der Waals surface area contributed by atoms with Gasteiger partial charge in [0.1, 0.15) is 0 Å². The van der Waals surface area contributed by atoms with E-state index in [4.69, 9.17) is 17.3 Å². The van der Waals surface area contributed by atoms with E-state index in [1.54, 1.807) is 0 Å². The van der Waals surface area contributed by atoms with Crippen molar-refractivity contribution in [3.8, 4) is 0 Å². The Morgan fingerprint density at radius 2 is 1.82 bits per heavy atom. The van der Waals surface area contributed by atoms with Crippen molar-refractivity contribution in [2.45, 2.75) is 25.1 Å². The van der Waals surface area contributed by atoms with Crippen molar-refractivity contribution in [2.75, 3.05) is 0 Å². The highest BCUT2D eigenvalue weighted by molar-refractivity contribution is 6.30. The third kappa shape index (κ3) is 3.81. The zero-order valence-corrected chi connectivity index (χ0v) is 9.19. The van der Waals surface area contributed by atoms with Gasteiger partial charge in [0.25, 0.3) is 0 Å². The molecule has 0 amide bonds. The van der Waals surface area contributed by atoms with Gasteiger partial charge >= 0.3 is 6.18 Å². The fourth-order valence-corrected chi connectivity index (χ4v) is 1.59. The van der Waals surface area contributed by atoms with E-state index >= 15 is 0 Å². The van der Waals surface area contributed by atoms with Crippen molar-refractivity contribution in [3.63, 3.8) is 0 Å². The van der Waals surface area contributed by atoms with Gasteiger partial charge in [-0.3, -0.25) is 0 Å². The van der Waals surface area contributed by atoms with Crippen LogP contribution >= 0.6 is 11.6 Å². The number of hydrogen-bond acceptors (Lipinski definition) is 1. The van der Waals surface area contributed by atoms with Crippen molar-refractivity contribution in [1.82, 2.24) is 0 Å². The Morgan fingerprint density at radius 3 is 2.29 bits per heavy atom. The Kier molecular flexibility index (Phi) is 4.32. The van der Waals surface area contributed by atoms with E-state index in [0.29, 0.717) is 6.07 Å². The molecule has 96 valence electrons. The molecule has 1 aromatic carbocycles. The SMILES string of the molecule is N[C@@H](CC(F)F)c1ccc(Cl)cc1C(F)(F)F. The quantitative estimate of drug-likeness (QED) is 0.827. The predicted octanol–water partition coefficient (Wildman–Crippen LogP) is 4.01. The van der Waals surface area contributed by atoms with Crippen molar-refractivity contribution in [3.05, 3.63) is 34.3 Å². The Morgan fingerprint density at radius 1 is 1.24 bits per heavy atom. The molecule has 0 unspecified atom stereocenters. The van der Waals surface area contributed by atoms with E-state index in [1.165, 1.54) is 6.07 Å². The van der Waals surface area contributed by atoms with E-state index in [0.717, 1.165) is 6.07 Å². The van der Waals surface area contributed by atoms with Crippen molar-refractivity contribution >= 4 is 11.6 Å². The molecule has 7 heteroatoms. The van der Waals surface area contributed by atoms with E-state index in [1.807, 2.05) is 0 Å². The summed E-state index contributed by atoms with van der Waals surface area (Å²) in [6.07, 6.45) is -8.26. The fourth-order valence-electron chi connectivity index (χ4n) is 1.42.